The second-order valence-corrected chi connectivity index (χ2v) is 5.16. The molecule has 0 aliphatic carbocycles. The summed E-state index contributed by atoms with van der Waals surface area (Å²) in [5.74, 6) is -0.873. The molecule has 104 valence electrons. The van der Waals surface area contributed by atoms with E-state index in [1.54, 1.807) is 4.90 Å². The molecule has 0 spiro atoms. The van der Waals surface area contributed by atoms with Gasteiger partial charge in [0.15, 0.2) is 0 Å². The molecule has 0 radical (unpaired) electrons. The summed E-state index contributed by atoms with van der Waals surface area (Å²) >= 11 is 3.39. The molecule has 5 heteroatoms. The van der Waals surface area contributed by atoms with Crippen molar-refractivity contribution in [3.63, 3.8) is 0 Å². The Hall–Kier alpha value is -1.36. The quantitative estimate of drug-likeness (QED) is 0.837. The number of carboxylic acids is 1. The lowest BCUT2D eigenvalue weighted by Crippen LogP contribution is -2.32. The van der Waals surface area contributed by atoms with Gasteiger partial charge in [0.1, 0.15) is 0 Å². The summed E-state index contributed by atoms with van der Waals surface area (Å²) in [6.07, 6.45) is 1.07. The highest BCUT2D eigenvalue weighted by Crippen LogP contribution is 2.13. The van der Waals surface area contributed by atoms with Crippen LogP contribution in [0.2, 0.25) is 0 Å². The van der Waals surface area contributed by atoms with Crippen LogP contribution in [0.25, 0.3) is 0 Å². The predicted octanol–water partition coefficient (Wildman–Crippen LogP) is 2.70. The van der Waals surface area contributed by atoms with Crippen LogP contribution in [-0.4, -0.2) is 35.0 Å². The molecule has 19 heavy (non-hydrogen) atoms. The van der Waals surface area contributed by atoms with Crippen molar-refractivity contribution in [3.8, 4) is 0 Å². The average Bonchev–Trinajstić information content (AvgIpc) is 2.37. The smallest absolute Gasteiger partial charge is 0.305 e. The van der Waals surface area contributed by atoms with Crippen LogP contribution < -0.4 is 0 Å². The third-order valence-electron chi connectivity index (χ3n) is 2.85. The van der Waals surface area contributed by atoms with Crippen LogP contribution in [0.3, 0.4) is 0 Å². The fraction of sp³-hybridized carbons (Fsp3) is 0.429. The third-order valence-corrected chi connectivity index (χ3v) is 3.34. The minimum atomic E-state index is -0.877. The normalized spacial score (nSPS) is 10.2. The first-order valence-corrected chi connectivity index (χ1v) is 7.06. The maximum absolute atomic E-state index is 12.0. The first-order valence-electron chi connectivity index (χ1n) is 6.27. The van der Waals surface area contributed by atoms with Crippen LogP contribution in [0.1, 0.15) is 25.3 Å². The number of nitrogens with zero attached hydrogens (tertiary/aromatic N) is 1. The summed E-state index contributed by atoms with van der Waals surface area (Å²) in [4.78, 5) is 24.1. The Morgan fingerprint density at radius 1 is 1.32 bits per heavy atom. The molecule has 0 aliphatic heterocycles. The van der Waals surface area contributed by atoms with E-state index in [0.29, 0.717) is 19.4 Å². The van der Waals surface area contributed by atoms with E-state index < -0.39 is 5.97 Å². The van der Waals surface area contributed by atoms with Gasteiger partial charge in [-0.05, 0) is 31.0 Å². The fourth-order valence-electron chi connectivity index (χ4n) is 1.79. The molecule has 1 N–H and O–H groups in total. The summed E-state index contributed by atoms with van der Waals surface area (Å²) in [6, 6.07) is 7.84. The SMILES string of the molecule is CCN(CCC(=O)O)C(=O)CCc1cccc(Br)c1. The average molecular weight is 328 g/mol. The predicted molar refractivity (Wildman–Crippen MR) is 77.0 cm³/mol. The van der Waals surface area contributed by atoms with E-state index in [4.69, 9.17) is 5.11 Å². The Labute approximate surface area is 121 Å². The highest BCUT2D eigenvalue weighted by Gasteiger charge is 2.12. The number of aryl methyl sites for hydroxylation is 1. The Balaban J connectivity index is 2.46. The first-order chi connectivity index (χ1) is 9.02. The Kier molecular flexibility index (Phi) is 6.56. The van der Waals surface area contributed by atoms with Gasteiger partial charge in [-0.2, -0.15) is 0 Å². The number of carbonyl (C=O) groups is 2. The molecule has 0 heterocycles. The number of hydrogen-bond acceptors (Lipinski definition) is 2. The van der Waals surface area contributed by atoms with Gasteiger partial charge in [0.25, 0.3) is 0 Å². The molecule has 1 aromatic carbocycles. The topological polar surface area (TPSA) is 57.6 Å². The number of rotatable bonds is 7. The number of carboxylic acid groups (broad SMARTS) is 1. The summed E-state index contributed by atoms with van der Waals surface area (Å²) in [7, 11) is 0. The van der Waals surface area contributed by atoms with E-state index in [1.165, 1.54) is 0 Å². The van der Waals surface area contributed by atoms with Gasteiger partial charge in [-0.25, -0.2) is 0 Å². The molecule has 1 aromatic rings. The zero-order valence-corrected chi connectivity index (χ0v) is 12.5. The number of benzene rings is 1. The van der Waals surface area contributed by atoms with Crippen LogP contribution >= 0.6 is 15.9 Å². The van der Waals surface area contributed by atoms with Gasteiger partial charge in [-0.1, -0.05) is 28.1 Å². The molecule has 1 rings (SSSR count). The van der Waals surface area contributed by atoms with Gasteiger partial charge in [0.05, 0.1) is 6.42 Å². The summed E-state index contributed by atoms with van der Waals surface area (Å²) < 4.78 is 0.996. The molecule has 0 aromatic heterocycles. The Bertz CT molecular complexity index is 448. The maximum Gasteiger partial charge on any atom is 0.305 e. The lowest BCUT2D eigenvalue weighted by atomic mass is 10.1. The van der Waals surface area contributed by atoms with E-state index in [9.17, 15) is 9.59 Å². The molecular formula is C14H18BrNO3. The van der Waals surface area contributed by atoms with Crippen molar-refractivity contribution in [2.24, 2.45) is 0 Å². The van der Waals surface area contributed by atoms with Gasteiger partial charge in [-0.15, -0.1) is 0 Å². The van der Waals surface area contributed by atoms with Crippen LogP contribution in [0.15, 0.2) is 28.7 Å². The van der Waals surface area contributed by atoms with Gasteiger partial charge < -0.3 is 10.0 Å². The molecule has 0 fully saturated rings. The molecular weight excluding hydrogens is 310 g/mol. The highest BCUT2D eigenvalue weighted by atomic mass is 79.9. The minimum absolute atomic E-state index is 0.00345. The van der Waals surface area contributed by atoms with Gasteiger partial charge >= 0.3 is 5.97 Å². The molecule has 0 bridgehead atoms. The van der Waals surface area contributed by atoms with E-state index in [2.05, 4.69) is 15.9 Å². The van der Waals surface area contributed by atoms with E-state index in [-0.39, 0.29) is 18.9 Å². The molecule has 0 atom stereocenters. The third kappa shape index (κ3) is 5.87. The van der Waals surface area contributed by atoms with Crippen LogP contribution in [-0.2, 0) is 16.0 Å². The standard InChI is InChI=1S/C14H18BrNO3/c1-2-16(9-8-14(18)19)13(17)7-6-11-4-3-5-12(15)10-11/h3-5,10H,2,6-9H2,1H3,(H,18,19). The molecule has 1 amide bonds. The number of amides is 1. The Morgan fingerprint density at radius 3 is 2.63 bits per heavy atom. The van der Waals surface area contributed by atoms with Crippen molar-refractivity contribution in [2.75, 3.05) is 13.1 Å². The number of halogens is 1. The van der Waals surface area contributed by atoms with E-state index >= 15 is 0 Å². The van der Waals surface area contributed by atoms with Gasteiger partial charge in [0, 0.05) is 24.0 Å². The second-order valence-electron chi connectivity index (χ2n) is 4.25. The fourth-order valence-corrected chi connectivity index (χ4v) is 2.24. The molecule has 0 unspecified atom stereocenters. The van der Waals surface area contributed by atoms with Gasteiger partial charge in [0.2, 0.25) is 5.91 Å². The van der Waals surface area contributed by atoms with Crippen molar-refractivity contribution in [1.29, 1.82) is 0 Å². The monoisotopic (exact) mass is 327 g/mol. The van der Waals surface area contributed by atoms with Crippen molar-refractivity contribution < 1.29 is 14.7 Å². The summed E-state index contributed by atoms with van der Waals surface area (Å²) in [5.41, 5.74) is 1.09. The molecule has 0 saturated heterocycles. The highest BCUT2D eigenvalue weighted by molar-refractivity contribution is 9.10. The molecule has 0 saturated carbocycles. The lowest BCUT2D eigenvalue weighted by molar-refractivity contribution is -0.138. The summed E-state index contributed by atoms with van der Waals surface area (Å²) in [5, 5.41) is 8.63. The zero-order valence-electron chi connectivity index (χ0n) is 10.9. The van der Waals surface area contributed by atoms with Crippen LogP contribution in [0, 0.1) is 0 Å². The lowest BCUT2D eigenvalue weighted by Gasteiger charge is -2.19. The van der Waals surface area contributed by atoms with Crippen LogP contribution in [0.4, 0.5) is 0 Å². The number of carbonyl (C=O) groups excluding carboxylic acids is 1. The number of hydrogen-bond donors (Lipinski definition) is 1. The zero-order chi connectivity index (χ0) is 14.3. The van der Waals surface area contributed by atoms with Crippen molar-refractivity contribution in [1.82, 2.24) is 4.90 Å². The first kappa shape index (κ1) is 15.7. The van der Waals surface area contributed by atoms with E-state index in [0.717, 1.165) is 10.0 Å². The Morgan fingerprint density at radius 2 is 2.05 bits per heavy atom. The van der Waals surface area contributed by atoms with E-state index in [1.807, 2.05) is 31.2 Å². The van der Waals surface area contributed by atoms with Crippen molar-refractivity contribution in [3.05, 3.63) is 34.3 Å². The van der Waals surface area contributed by atoms with Crippen molar-refractivity contribution in [2.45, 2.75) is 26.2 Å². The molecule has 0 aliphatic rings. The largest absolute Gasteiger partial charge is 0.481 e. The summed E-state index contributed by atoms with van der Waals surface area (Å²) in [6.45, 7) is 2.69. The van der Waals surface area contributed by atoms with Gasteiger partial charge in [-0.3, -0.25) is 9.59 Å². The molecule has 4 nitrogen and oxygen atoms in total. The second kappa shape index (κ2) is 7.94. The minimum Gasteiger partial charge on any atom is -0.481 e. The van der Waals surface area contributed by atoms with Crippen LogP contribution in [0.5, 0.6) is 0 Å². The maximum atomic E-state index is 12.0. The number of aliphatic carboxylic acids is 1. The van der Waals surface area contributed by atoms with Crippen molar-refractivity contribution >= 4 is 27.8 Å².